The molecule has 1 aliphatic heterocycles. The molecule has 3 rings (SSSR count). The van der Waals surface area contributed by atoms with Gasteiger partial charge in [-0.1, -0.05) is 0 Å². The van der Waals surface area contributed by atoms with E-state index in [1.807, 2.05) is 0 Å². The maximum absolute atomic E-state index is 13.7. The first-order valence-corrected chi connectivity index (χ1v) is 8.78. The van der Waals surface area contributed by atoms with Crippen LogP contribution in [0.2, 0.25) is 0 Å². The van der Waals surface area contributed by atoms with Gasteiger partial charge >= 0.3 is 6.18 Å². The summed E-state index contributed by atoms with van der Waals surface area (Å²) in [5, 5.41) is 5.51. The van der Waals surface area contributed by atoms with E-state index in [1.54, 1.807) is 6.92 Å². The first kappa shape index (κ1) is 20.1. The fourth-order valence-electron chi connectivity index (χ4n) is 3.07. The molecule has 1 aromatic heterocycles. The summed E-state index contributed by atoms with van der Waals surface area (Å²) < 4.78 is 59.1. The van der Waals surface area contributed by atoms with E-state index in [-0.39, 0.29) is 29.1 Å². The van der Waals surface area contributed by atoms with E-state index in [4.69, 9.17) is 4.74 Å². The summed E-state index contributed by atoms with van der Waals surface area (Å²) in [4.78, 5) is 15.6. The fraction of sp³-hybridized carbons (Fsp3) is 0.368. The minimum atomic E-state index is -4.63. The van der Waals surface area contributed by atoms with Gasteiger partial charge in [-0.3, -0.25) is 4.79 Å². The monoisotopic (exact) mass is 397 g/mol. The van der Waals surface area contributed by atoms with Crippen LogP contribution in [0.15, 0.2) is 36.5 Å². The molecule has 2 atom stereocenters. The Morgan fingerprint density at radius 3 is 2.79 bits per heavy atom. The number of carbonyl (C=O) groups excluding carboxylic acids is 1. The Bertz CT molecular complexity index is 851. The molecule has 2 heterocycles. The van der Waals surface area contributed by atoms with Crippen molar-refractivity contribution in [2.45, 2.75) is 38.1 Å². The second-order valence-corrected chi connectivity index (χ2v) is 6.57. The van der Waals surface area contributed by atoms with Gasteiger partial charge in [0.1, 0.15) is 11.9 Å². The molecular formula is C19H19F4N3O2. The molecule has 2 unspecified atom stereocenters. The number of hydrogen-bond acceptors (Lipinski definition) is 4. The minimum Gasteiger partial charge on any atom is -0.489 e. The third kappa shape index (κ3) is 4.78. The van der Waals surface area contributed by atoms with Crippen molar-refractivity contribution in [2.75, 3.05) is 11.9 Å². The molecule has 5 nitrogen and oxygen atoms in total. The van der Waals surface area contributed by atoms with Crippen LogP contribution in [0.5, 0.6) is 5.75 Å². The number of nitrogens with zero attached hydrogens (tertiary/aromatic N) is 1. The third-order valence-corrected chi connectivity index (χ3v) is 4.48. The van der Waals surface area contributed by atoms with Crippen molar-refractivity contribution in [3.05, 3.63) is 53.6 Å². The maximum atomic E-state index is 13.7. The Hall–Kier alpha value is -2.68. The van der Waals surface area contributed by atoms with Crippen molar-refractivity contribution in [3.63, 3.8) is 0 Å². The number of aromatic nitrogens is 1. The number of nitrogens with one attached hydrogen (secondary N) is 2. The number of benzene rings is 1. The number of pyridine rings is 1. The zero-order valence-electron chi connectivity index (χ0n) is 15.0. The first-order chi connectivity index (χ1) is 13.2. The number of anilines is 1. The summed E-state index contributed by atoms with van der Waals surface area (Å²) in [6.07, 6.45) is -1.98. The van der Waals surface area contributed by atoms with Crippen LogP contribution in [0.4, 0.5) is 23.2 Å². The van der Waals surface area contributed by atoms with E-state index in [2.05, 4.69) is 15.6 Å². The highest BCUT2D eigenvalue weighted by atomic mass is 19.4. The molecular weight excluding hydrogens is 378 g/mol. The fourth-order valence-corrected chi connectivity index (χ4v) is 3.07. The molecule has 2 aromatic rings. The smallest absolute Gasteiger partial charge is 0.416 e. The van der Waals surface area contributed by atoms with Gasteiger partial charge in [-0.2, -0.15) is 17.6 Å². The van der Waals surface area contributed by atoms with Crippen LogP contribution in [0, 0.1) is 5.95 Å². The SMILES string of the molecule is CC(Oc1cc(NC(=O)c2cccnc2F)cc(C(F)(F)F)c1)C1CCCN1. The third-order valence-electron chi connectivity index (χ3n) is 4.48. The predicted octanol–water partition coefficient (Wildman–Crippen LogP) is 4.01. The van der Waals surface area contributed by atoms with Crippen molar-refractivity contribution >= 4 is 11.6 Å². The van der Waals surface area contributed by atoms with Crippen molar-refractivity contribution in [3.8, 4) is 5.75 Å². The van der Waals surface area contributed by atoms with Crippen LogP contribution >= 0.6 is 0 Å². The molecule has 0 radical (unpaired) electrons. The molecule has 28 heavy (non-hydrogen) atoms. The number of rotatable bonds is 5. The van der Waals surface area contributed by atoms with Crippen LogP contribution in [-0.2, 0) is 6.18 Å². The van der Waals surface area contributed by atoms with Crippen LogP contribution < -0.4 is 15.4 Å². The number of amides is 1. The van der Waals surface area contributed by atoms with Crippen LogP contribution in [-0.4, -0.2) is 29.6 Å². The first-order valence-electron chi connectivity index (χ1n) is 8.78. The topological polar surface area (TPSA) is 63.2 Å². The molecule has 2 N–H and O–H groups in total. The molecule has 0 saturated carbocycles. The normalized spacial score (nSPS) is 18.0. The summed E-state index contributed by atoms with van der Waals surface area (Å²) in [5.74, 6) is -1.94. The molecule has 1 aliphatic rings. The zero-order valence-corrected chi connectivity index (χ0v) is 15.0. The highest BCUT2D eigenvalue weighted by Gasteiger charge is 2.32. The van der Waals surface area contributed by atoms with E-state index in [0.29, 0.717) is 0 Å². The van der Waals surface area contributed by atoms with Gasteiger partial charge in [-0.25, -0.2) is 4.98 Å². The number of hydrogen-bond donors (Lipinski definition) is 2. The van der Waals surface area contributed by atoms with E-state index in [1.165, 1.54) is 24.4 Å². The molecule has 1 amide bonds. The predicted molar refractivity (Wildman–Crippen MR) is 94.7 cm³/mol. The maximum Gasteiger partial charge on any atom is 0.416 e. The van der Waals surface area contributed by atoms with Gasteiger partial charge in [-0.05, 0) is 50.6 Å². The Labute approximate surface area is 159 Å². The highest BCUT2D eigenvalue weighted by Crippen LogP contribution is 2.35. The van der Waals surface area contributed by atoms with Crippen molar-refractivity contribution < 1.29 is 27.1 Å². The standard InChI is InChI=1S/C19H19F4N3O2/c1-11(16-5-3-6-24-16)28-14-9-12(19(21,22)23)8-13(10-14)26-18(27)15-4-2-7-25-17(15)20/h2,4,7-11,16,24H,3,5-6H2,1H3,(H,26,27). The molecule has 9 heteroatoms. The number of alkyl halides is 3. The molecule has 0 bridgehead atoms. The summed E-state index contributed by atoms with van der Waals surface area (Å²) in [5.41, 5.74) is -1.49. The molecule has 1 aromatic carbocycles. The lowest BCUT2D eigenvalue weighted by Gasteiger charge is -2.22. The second kappa shape index (κ2) is 8.14. The molecule has 0 spiro atoms. The van der Waals surface area contributed by atoms with Crippen molar-refractivity contribution in [1.29, 1.82) is 0 Å². The van der Waals surface area contributed by atoms with E-state index < -0.39 is 23.6 Å². The quantitative estimate of drug-likeness (QED) is 0.591. The second-order valence-electron chi connectivity index (χ2n) is 6.57. The Balaban J connectivity index is 1.85. The molecule has 0 aliphatic carbocycles. The summed E-state index contributed by atoms with van der Waals surface area (Å²) in [6, 6.07) is 5.53. The van der Waals surface area contributed by atoms with Crippen LogP contribution in [0.3, 0.4) is 0 Å². The molecule has 1 saturated heterocycles. The van der Waals surface area contributed by atoms with Crippen molar-refractivity contribution in [1.82, 2.24) is 10.3 Å². The van der Waals surface area contributed by atoms with Gasteiger partial charge in [0.15, 0.2) is 0 Å². The van der Waals surface area contributed by atoms with Gasteiger partial charge in [0.2, 0.25) is 5.95 Å². The van der Waals surface area contributed by atoms with E-state index in [0.717, 1.165) is 31.5 Å². The Morgan fingerprint density at radius 2 is 2.14 bits per heavy atom. The lowest BCUT2D eigenvalue weighted by molar-refractivity contribution is -0.137. The van der Waals surface area contributed by atoms with Gasteiger partial charge in [-0.15, -0.1) is 0 Å². The number of halogens is 4. The van der Waals surface area contributed by atoms with Gasteiger partial charge in [0.05, 0.1) is 11.1 Å². The average Bonchev–Trinajstić information content (AvgIpc) is 3.16. The van der Waals surface area contributed by atoms with Gasteiger partial charge in [0.25, 0.3) is 5.91 Å². The number of carbonyl (C=O) groups is 1. The average molecular weight is 397 g/mol. The minimum absolute atomic E-state index is 0.0296. The summed E-state index contributed by atoms with van der Waals surface area (Å²) in [7, 11) is 0. The van der Waals surface area contributed by atoms with Crippen LogP contribution in [0.1, 0.15) is 35.7 Å². The van der Waals surface area contributed by atoms with Crippen molar-refractivity contribution in [2.24, 2.45) is 0 Å². The lowest BCUT2D eigenvalue weighted by Crippen LogP contribution is -2.36. The summed E-state index contributed by atoms with van der Waals surface area (Å²) >= 11 is 0. The van der Waals surface area contributed by atoms with E-state index in [9.17, 15) is 22.4 Å². The Morgan fingerprint density at radius 1 is 1.36 bits per heavy atom. The van der Waals surface area contributed by atoms with Gasteiger partial charge in [0, 0.05) is 24.0 Å². The summed E-state index contributed by atoms with van der Waals surface area (Å²) in [6.45, 7) is 2.60. The molecule has 1 fully saturated rings. The Kier molecular flexibility index (Phi) is 5.83. The van der Waals surface area contributed by atoms with E-state index >= 15 is 0 Å². The zero-order chi connectivity index (χ0) is 20.3. The largest absolute Gasteiger partial charge is 0.489 e. The number of ether oxygens (including phenoxy) is 1. The van der Waals surface area contributed by atoms with Crippen LogP contribution in [0.25, 0.3) is 0 Å². The highest BCUT2D eigenvalue weighted by molar-refractivity contribution is 6.04. The van der Waals surface area contributed by atoms with Gasteiger partial charge < -0.3 is 15.4 Å². The lowest BCUT2D eigenvalue weighted by atomic mass is 10.1. The molecule has 150 valence electrons.